The van der Waals surface area contributed by atoms with Crippen LogP contribution in [0.5, 0.6) is 0 Å². The molecule has 1 aliphatic heterocycles. The lowest BCUT2D eigenvalue weighted by Crippen LogP contribution is -2.36. The molecule has 3 aromatic rings. The zero-order valence-corrected chi connectivity index (χ0v) is 17.9. The Kier molecular flexibility index (Phi) is 6.22. The Morgan fingerprint density at radius 3 is 2.48 bits per heavy atom. The van der Waals surface area contributed by atoms with E-state index < -0.39 is 0 Å². The summed E-state index contributed by atoms with van der Waals surface area (Å²) in [7, 11) is 0. The number of ether oxygens (including phenoxy) is 1. The molecule has 0 unspecified atom stereocenters. The summed E-state index contributed by atoms with van der Waals surface area (Å²) in [5.74, 6) is -0.204. The number of rotatable bonds is 4. The molecule has 1 amide bonds. The third kappa shape index (κ3) is 4.72. The van der Waals surface area contributed by atoms with E-state index in [0.29, 0.717) is 35.1 Å². The lowest BCUT2D eigenvalue weighted by atomic mass is 9.97. The van der Waals surface area contributed by atoms with E-state index in [1.165, 1.54) is 0 Å². The first-order chi connectivity index (χ1) is 15.0. The second-order valence-corrected chi connectivity index (χ2v) is 7.85. The number of nitrogens with one attached hydrogen (secondary N) is 1. The maximum absolute atomic E-state index is 12.9. The summed E-state index contributed by atoms with van der Waals surface area (Å²) in [6.07, 6.45) is 0. The molecule has 0 spiro atoms. The van der Waals surface area contributed by atoms with Crippen molar-refractivity contribution in [2.24, 2.45) is 0 Å². The minimum Gasteiger partial charge on any atom is -0.378 e. The van der Waals surface area contributed by atoms with Gasteiger partial charge in [-0.1, -0.05) is 29.8 Å². The fourth-order valence-electron chi connectivity index (χ4n) is 3.65. The second-order valence-electron chi connectivity index (χ2n) is 7.44. The minimum absolute atomic E-state index is 0.204. The van der Waals surface area contributed by atoms with Crippen LogP contribution in [0.2, 0.25) is 5.02 Å². The number of anilines is 2. The van der Waals surface area contributed by atoms with E-state index in [4.69, 9.17) is 21.6 Å². The number of benzene rings is 3. The zero-order chi connectivity index (χ0) is 21.8. The van der Waals surface area contributed by atoms with Gasteiger partial charge in [0.05, 0.1) is 35.6 Å². The molecule has 0 aromatic heterocycles. The molecule has 1 heterocycles. The SMILES string of the molecule is Cc1ccc(C(=O)Nc2ccc(N3CCOCC3)c(Cl)c2)cc1-c1ccc(C#N)cc1. The number of carbonyl (C=O) groups is 1. The zero-order valence-electron chi connectivity index (χ0n) is 17.2. The number of amides is 1. The molecule has 0 atom stereocenters. The smallest absolute Gasteiger partial charge is 0.255 e. The van der Waals surface area contributed by atoms with Crippen LogP contribution in [0.15, 0.2) is 60.7 Å². The van der Waals surface area contributed by atoms with E-state index in [9.17, 15) is 4.79 Å². The molecule has 4 rings (SSSR count). The predicted octanol–water partition coefficient (Wildman–Crippen LogP) is 5.28. The lowest BCUT2D eigenvalue weighted by molar-refractivity contribution is 0.102. The molecule has 1 saturated heterocycles. The average Bonchev–Trinajstić information content (AvgIpc) is 2.80. The number of morpholine rings is 1. The molecule has 1 N–H and O–H groups in total. The topological polar surface area (TPSA) is 65.4 Å². The van der Waals surface area contributed by atoms with E-state index in [-0.39, 0.29) is 5.91 Å². The Morgan fingerprint density at radius 2 is 1.81 bits per heavy atom. The number of hydrogen-bond donors (Lipinski definition) is 1. The van der Waals surface area contributed by atoms with Gasteiger partial charge in [-0.15, -0.1) is 0 Å². The van der Waals surface area contributed by atoms with E-state index in [0.717, 1.165) is 35.5 Å². The molecule has 1 aliphatic rings. The van der Waals surface area contributed by atoms with Gasteiger partial charge < -0.3 is 15.0 Å². The highest BCUT2D eigenvalue weighted by Gasteiger charge is 2.15. The molecule has 5 nitrogen and oxygen atoms in total. The lowest BCUT2D eigenvalue weighted by Gasteiger charge is -2.29. The van der Waals surface area contributed by atoms with E-state index in [2.05, 4.69) is 16.3 Å². The fourth-order valence-corrected chi connectivity index (χ4v) is 3.95. The van der Waals surface area contributed by atoms with Crippen LogP contribution in [-0.4, -0.2) is 32.2 Å². The minimum atomic E-state index is -0.204. The molecule has 1 fully saturated rings. The number of carbonyl (C=O) groups excluding carboxylic acids is 1. The van der Waals surface area contributed by atoms with Crippen molar-refractivity contribution in [2.45, 2.75) is 6.92 Å². The largest absolute Gasteiger partial charge is 0.378 e. The third-order valence-corrected chi connectivity index (χ3v) is 5.68. The normalized spacial score (nSPS) is 13.5. The monoisotopic (exact) mass is 431 g/mol. The summed E-state index contributed by atoms with van der Waals surface area (Å²) < 4.78 is 5.39. The molecule has 0 saturated carbocycles. The second kappa shape index (κ2) is 9.22. The van der Waals surface area contributed by atoms with Gasteiger partial charge in [-0.3, -0.25) is 4.79 Å². The van der Waals surface area contributed by atoms with Crippen molar-refractivity contribution in [2.75, 3.05) is 36.5 Å². The summed E-state index contributed by atoms with van der Waals surface area (Å²) in [5.41, 5.74) is 5.72. The molecular weight excluding hydrogens is 410 g/mol. The van der Waals surface area contributed by atoms with Gasteiger partial charge in [0.2, 0.25) is 0 Å². The first-order valence-corrected chi connectivity index (χ1v) is 10.5. The molecule has 0 radical (unpaired) electrons. The molecule has 3 aromatic carbocycles. The summed E-state index contributed by atoms with van der Waals surface area (Å²) in [5, 5.41) is 12.5. The van der Waals surface area contributed by atoms with Crippen LogP contribution >= 0.6 is 11.6 Å². The predicted molar refractivity (Wildman–Crippen MR) is 124 cm³/mol. The van der Waals surface area contributed by atoms with Crippen molar-refractivity contribution in [3.63, 3.8) is 0 Å². The molecule has 156 valence electrons. The fraction of sp³-hybridized carbons (Fsp3) is 0.200. The first kappa shape index (κ1) is 20.9. The van der Waals surface area contributed by atoms with Crippen LogP contribution in [0.25, 0.3) is 11.1 Å². The number of halogens is 1. The highest BCUT2D eigenvalue weighted by molar-refractivity contribution is 6.33. The van der Waals surface area contributed by atoms with Gasteiger partial charge >= 0.3 is 0 Å². The summed E-state index contributed by atoms with van der Waals surface area (Å²) in [4.78, 5) is 15.1. The third-order valence-electron chi connectivity index (χ3n) is 5.38. The van der Waals surface area contributed by atoms with Crippen LogP contribution in [0.4, 0.5) is 11.4 Å². The van der Waals surface area contributed by atoms with Gasteiger partial charge in [0.25, 0.3) is 5.91 Å². The molecular formula is C25H22ClN3O2. The molecule has 0 bridgehead atoms. The number of nitriles is 1. The van der Waals surface area contributed by atoms with E-state index in [1.54, 1.807) is 18.2 Å². The standard InChI is InChI=1S/C25H22ClN3O2/c1-17-2-5-20(14-22(17)19-6-3-18(16-27)4-7-19)25(30)28-21-8-9-24(23(26)15-21)29-10-12-31-13-11-29/h2-9,14-15H,10-13H2,1H3,(H,28,30). The summed E-state index contributed by atoms with van der Waals surface area (Å²) in [6.45, 7) is 4.97. The number of hydrogen-bond acceptors (Lipinski definition) is 4. The van der Waals surface area contributed by atoms with Gasteiger partial charge in [0, 0.05) is 24.3 Å². The van der Waals surface area contributed by atoms with E-state index in [1.807, 2.05) is 49.4 Å². The quantitative estimate of drug-likeness (QED) is 0.610. The highest BCUT2D eigenvalue weighted by atomic mass is 35.5. The van der Waals surface area contributed by atoms with Crippen LogP contribution in [0, 0.1) is 18.3 Å². The van der Waals surface area contributed by atoms with Crippen molar-refractivity contribution < 1.29 is 9.53 Å². The van der Waals surface area contributed by atoms with Gasteiger partial charge in [-0.2, -0.15) is 5.26 Å². The van der Waals surface area contributed by atoms with Gasteiger partial charge in [-0.05, 0) is 66.1 Å². The van der Waals surface area contributed by atoms with Gasteiger partial charge in [0.15, 0.2) is 0 Å². The van der Waals surface area contributed by atoms with Crippen LogP contribution in [-0.2, 0) is 4.74 Å². The Balaban J connectivity index is 1.53. The Hall–Kier alpha value is -3.33. The van der Waals surface area contributed by atoms with Crippen molar-refractivity contribution in [1.82, 2.24) is 0 Å². The van der Waals surface area contributed by atoms with Crippen LogP contribution < -0.4 is 10.2 Å². The number of aryl methyl sites for hydroxylation is 1. The van der Waals surface area contributed by atoms with Crippen molar-refractivity contribution in [3.05, 3.63) is 82.4 Å². The van der Waals surface area contributed by atoms with Crippen molar-refractivity contribution in [1.29, 1.82) is 5.26 Å². The molecule has 31 heavy (non-hydrogen) atoms. The van der Waals surface area contributed by atoms with Gasteiger partial charge in [0.1, 0.15) is 0 Å². The molecule has 0 aliphatic carbocycles. The van der Waals surface area contributed by atoms with Crippen molar-refractivity contribution in [3.8, 4) is 17.2 Å². The Bertz CT molecular complexity index is 1150. The Morgan fingerprint density at radius 1 is 1.06 bits per heavy atom. The maximum Gasteiger partial charge on any atom is 0.255 e. The first-order valence-electron chi connectivity index (χ1n) is 10.1. The average molecular weight is 432 g/mol. The number of nitrogens with zero attached hydrogens (tertiary/aromatic N) is 2. The van der Waals surface area contributed by atoms with E-state index >= 15 is 0 Å². The summed E-state index contributed by atoms with van der Waals surface area (Å²) in [6, 6.07) is 20.6. The van der Waals surface area contributed by atoms with Crippen LogP contribution in [0.1, 0.15) is 21.5 Å². The van der Waals surface area contributed by atoms with Gasteiger partial charge in [-0.25, -0.2) is 0 Å². The highest BCUT2D eigenvalue weighted by Crippen LogP contribution is 2.30. The molecule has 6 heteroatoms. The maximum atomic E-state index is 12.9. The summed E-state index contributed by atoms with van der Waals surface area (Å²) >= 11 is 6.49. The van der Waals surface area contributed by atoms with Crippen molar-refractivity contribution >= 4 is 28.9 Å². The Labute approximate surface area is 186 Å². The van der Waals surface area contributed by atoms with Crippen LogP contribution in [0.3, 0.4) is 0 Å².